The van der Waals surface area contributed by atoms with E-state index in [9.17, 15) is 4.79 Å². The number of carbonyl (C=O) groups is 1. The summed E-state index contributed by atoms with van der Waals surface area (Å²) in [5.74, 6) is -0.319. The van der Waals surface area contributed by atoms with Crippen LogP contribution in [0, 0.1) is 0 Å². The van der Waals surface area contributed by atoms with Crippen LogP contribution in [0.2, 0.25) is 0 Å². The van der Waals surface area contributed by atoms with E-state index in [1.807, 2.05) is 19.0 Å². The van der Waals surface area contributed by atoms with Gasteiger partial charge in [0.1, 0.15) is 5.52 Å². The zero-order chi connectivity index (χ0) is 12.4. The highest BCUT2D eigenvalue weighted by Gasteiger charge is 2.09. The maximum atomic E-state index is 10.8. The fourth-order valence-electron chi connectivity index (χ4n) is 1.53. The largest absolute Gasteiger partial charge is 0.478 e. The van der Waals surface area contributed by atoms with Crippen LogP contribution in [0.3, 0.4) is 0 Å². The minimum Gasteiger partial charge on any atom is -0.478 e. The molecule has 1 aromatic carbocycles. The second-order valence-electron chi connectivity index (χ2n) is 4.15. The van der Waals surface area contributed by atoms with Crippen molar-refractivity contribution in [3.05, 3.63) is 29.7 Å². The minimum atomic E-state index is -0.954. The van der Waals surface area contributed by atoms with Crippen LogP contribution >= 0.6 is 0 Å². The predicted octanol–water partition coefficient (Wildman–Crippen LogP) is 1.63. The Morgan fingerprint density at radius 3 is 2.88 bits per heavy atom. The molecule has 0 radical (unpaired) electrons. The summed E-state index contributed by atoms with van der Waals surface area (Å²) in [5.41, 5.74) is 1.45. The fraction of sp³-hybridized carbons (Fsp3) is 0.333. The molecule has 0 saturated carbocycles. The van der Waals surface area contributed by atoms with E-state index >= 15 is 0 Å². The molecule has 2 aromatic rings. The fourth-order valence-corrected chi connectivity index (χ4v) is 1.53. The van der Waals surface area contributed by atoms with Crippen LogP contribution in [0.1, 0.15) is 16.2 Å². The Morgan fingerprint density at radius 2 is 2.24 bits per heavy atom. The van der Waals surface area contributed by atoms with Gasteiger partial charge in [-0.15, -0.1) is 0 Å². The number of aromatic nitrogens is 1. The van der Waals surface area contributed by atoms with Crippen LogP contribution in [-0.4, -0.2) is 41.6 Å². The summed E-state index contributed by atoms with van der Waals surface area (Å²) in [6, 6.07) is 4.69. The van der Waals surface area contributed by atoms with Gasteiger partial charge < -0.3 is 14.4 Å². The molecule has 90 valence electrons. The molecule has 5 heteroatoms. The Labute approximate surface area is 98.7 Å². The van der Waals surface area contributed by atoms with Gasteiger partial charge in [0.05, 0.1) is 5.56 Å². The maximum absolute atomic E-state index is 10.8. The first-order valence-corrected chi connectivity index (χ1v) is 5.34. The lowest BCUT2D eigenvalue weighted by Crippen LogP contribution is -2.15. The third-order valence-corrected chi connectivity index (χ3v) is 2.45. The quantitative estimate of drug-likeness (QED) is 0.870. The Hall–Kier alpha value is -1.88. The standard InChI is InChI=1S/C12H14N2O3/c1-14(2)6-5-11-13-9-7-8(12(15)16)3-4-10(9)17-11/h3-4,7H,5-6H2,1-2H3,(H,15,16). The SMILES string of the molecule is CN(C)CCc1nc2cc(C(=O)O)ccc2o1. The van der Waals surface area contributed by atoms with E-state index in [2.05, 4.69) is 4.98 Å². The number of nitrogens with zero attached hydrogens (tertiary/aromatic N) is 2. The summed E-state index contributed by atoms with van der Waals surface area (Å²) in [4.78, 5) is 17.1. The molecule has 2 rings (SSSR count). The maximum Gasteiger partial charge on any atom is 0.335 e. The van der Waals surface area contributed by atoms with Crippen molar-refractivity contribution in [2.24, 2.45) is 0 Å². The number of carboxylic acids is 1. The number of benzene rings is 1. The molecule has 0 bridgehead atoms. The highest BCUT2D eigenvalue weighted by atomic mass is 16.4. The van der Waals surface area contributed by atoms with Crippen molar-refractivity contribution < 1.29 is 14.3 Å². The van der Waals surface area contributed by atoms with Crippen LogP contribution < -0.4 is 0 Å². The molecule has 1 N–H and O–H groups in total. The van der Waals surface area contributed by atoms with Gasteiger partial charge in [0, 0.05) is 13.0 Å². The van der Waals surface area contributed by atoms with Gasteiger partial charge in [-0.25, -0.2) is 9.78 Å². The second-order valence-corrected chi connectivity index (χ2v) is 4.15. The number of oxazole rings is 1. The van der Waals surface area contributed by atoms with Crippen LogP contribution in [0.15, 0.2) is 22.6 Å². The molecule has 0 spiro atoms. The summed E-state index contributed by atoms with van der Waals surface area (Å²) in [7, 11) is 3.95. The molecule has 0 fully saturated rings. The van der Waals surface area contributed by atoms with Crippen molar-refractivity contribution in [2.45, 2.75) is 6.42 Å². The first-order valence-electron chi connectivity index (χ1n) is 5.34. The van der Waals surface area contributed by atoms with Gasteiger partial charge in [0.2, 0.25) is 0 Å². The predicted molar refractivity (Wildman–Crippen MR) is 63.2 cm³/mol. The van der Waals surface area contributed by atoms with E-state index < -0.39 is 5.97 Å². The summed E-state index contributed by atoms with van der Waals surface area (Å²) in [6.45, 7) is 0.846. The summed E-state index contributed by atoms with van der Waals surface area (Å²) < 4.78 is 5.52. The van der Waals surface area contributed by atoms with E-state index in [1.165, 1.54) is 12.1 Å². The van der Waals surface area contributed by atoms with Crippen molar-refractivity contribution in [3.8, 4) is 0 Å². The molecule has 0 unspecified atom stereocenters. The minimum absolute atomic E-state index is 0.227. The van der Waals surface area contributed by atoms with E-state index in [0.717, 1.165) is 6.54 Å². The van der Waals surface area contributed by atoms with Gasteiger partial charge in [0.25, 0.3) is 0 Å². The van der Waals surface area contributed by atoms with Gasteiger partial charge >= 0.3 is 5.97 Å². The molecule has 1 heterocycles. The molecule has 1 aromatic heterocycles. The monoisotopic (exact) mass is 234 g/mol. The zero-order valence-electron chi connectivity index (χ0n) is 9.80. The number of carboxylic acid groups (broad SMARTS) is 1. The lowest BCUT2D eigenvalue weighted by atomic mass is 10.2. The van der Waals surface area contributed by atoms with Crippen molar-refractivity contribution in [3.63, 3.8) is 0 Å². The molecule has 0 aliphatic heterocycles. The van der Waals surface area contributed by atoms with Crippen LogP contribution in [0.25, 0.3) is 11.1 Å². The van der Waals surface area contributed by atoms with Crippen molar-refractivity contribution in [1.82, 2.24) is 9.88 Å². The topological polar surface area (TPSA) is 66.6 Å². The lowest BCUT2D eigenvalue weighted by Gasteiger charge is -2.05. The van der Waals surface area contributed by atoms with Gasteiger partial charge in [-0.05, 0) is 32.3 Å². The number of rotatable bonds is 4. The molecule has 17 heavy (non-hydrogen) atoms. The van der Waals surface area contributed by atoms with Crippen molar-refractivity contribution >= 4 is 17.1 Å². The van der Waals surface area contributed by atoms with Gasteiger partial charge in [-0.2, -0.15) is 0 Å². The molecule has 0 amide bonds. The molecular formula is C12H14N2O3. The first kappa shape index (κ1) is 11.6. The van der Waals surface area contributed by atoms with E-state index in [0.29, 0.717) is 23.4 Å². The molecule has 0 aliphatic carbocycles. The second kappa shape index (κ2) is 4.55. The highest BCUT2D eigenvalue weighted by Crippen LogP contribution is 2.17. The third-order valence-electron chi connectivity index (χ3n) is 2.45. The van der Waals surface area contributed by atoms with E-state index in [1.54, 1.807) is 6.07 Å². The number of likely N-dealkylation sites (N-methyl/N-ethyl adjacent to an activating group) is 1. The smallest absolute Gasteiger partial charge is 0.335 e. The van der Waals surface area contributed by atoms with Crippen LogP contribution in [0.4, 0.5) is 0 Å². The summed E-state index contributed by atoms with van der Waals surface area (Å²) in [5, 5.41) is 8.86. The Kier molecular flexibility index (Phi) is 3.10. The molecule has 0 saturated heterocycles. The Bertz CT molecular complexity index is 546. The van der Waals surface area contributed by atoms with E-state index in [-0.39, 0.29) is 5.56 Å². The Morgan fingerprint density at radius 1 is 1.47 bits per heavy atom. The lowest BCUT2D eigenvalue weighted by molar-refractivity contribution is 0.0697. The summed E-state index contributed by atoms with van der Waals surface area (Å²) >= 11 is 0. The third kappa shape index (κ3) is 2.62. The first-order chi connectivity index (χ1) is 8.06. The van der Waals surface area contributed by atoms with Gasteiger partial charge in [-0.3, -0.25) is 0 Å². The number of hydrogen-bond donors (Lipinski definition) is 1. The average Bonchev–Trinajstić information content (AvgIpc) is 2.67. The number of aromatic carboxylic acids is 1. The number of fused-ring (bicyclic) bond motifs is 1. The zero-order valence-corrected chi connectivity index (χ0v) is 9.80. The van der Waals surface area contributed by atoms with Gasteiger partial charge in [-0.1, -0.05) is 0 Å². The van der Waals surface area contributed by atoms with Crippen LogP contribution in [-0.2, 0) is 6.42 Å². The van der Waals surface area contributed by atoms with Crippen LogP contribution in [0.5, 0.6) is 0 Å². The van der Waals surface area contributed by atoms with Crippen molar-refractivity contribution in [1.29, 1.82) is 0 Å². The highest BCUT2D eigenvalue weighted by molar-refractivity contribution is 5.91. The Balaban J connectivity index is 2.27. The van der Waals surface area contributed by atoms with Crippen molar-refractivity contribution in [2.75, 3.05) is 20.6 Å². The van der Waals surface area contributed by atoms with E-state index in [4.69, 9.17) is 9.52 Å². The average molecular weight is 234 g/mol. The molecule has 0 aliphatic rings. The molecular weight excluding hydrogens is 220 g/mol. The number of hydrogen-bond acceptors (Lipinski definition) is 4. The molecule has 0 atom stereocenters. The molecule has 5 nitrogen and oxygen atoms in total. The van der Waals surface area contributed by atoms with Gasteiger partial charge in [0.15, 0.2) is 11.5 Å². The normalized spacial score (nSPS) is 11.2. The summed E-state index contributed by atoms with van der Waals surface area (Å²) in [6.07, 6.45) is 0.712.